The fourth-order valence-corrected chi connectivity index (χ4v) is 3.02. The van der Waals surface area contributed by atoms with Crippen molar-refractivity contribution >= 4 is 0 Å². The van der Waals surface area contributed by atoms with E-state index in [1.165, 1.54) is 0 Å². The Bertz CT molecular complexity index is 223. The van der Waals surface area contributed by atoms with E-state index in [4.69, 9.17) is 0 Å². The average Bonchev–Trinajstić information content (AvgIpc) is 2.25. The van der Waals surface area contributed by atoms with Crippen LogP contribution in [-0.2, 0) is 0 Å². The molecule has 0 aromatic heterocycles. The highest BCUT2D eigenvalue weighted by Crippen LogP contribution is 2.33. The van der Waals surface area contributed by atoms with Crippen molar-refractivity contribution in [3.05, 3.63) is 0 Å². The summed E-state index contributed by atoms with van der Waals surface area (Å²) in [7, 11) is 0. The average molecular weight is 249 g/mol. The third-order valence-corrected chi connectivity index (χ3v) is 3.95. The summed E-state index contributed by atoms with van der Waals surface area (Å²) in [4.78, 5) is 1.84. The minimum absolute atomic E-state index is 0.109. The molecule has 1 fully saturated rings. The van der Waals surface area contributed by atoms with E-state index in [1.54, 1.807) is 0 Å². The molecule has 0 radical (unpaired) electrons. The summed E-state index contributed by atoms with van der Waals surface area (Å²) in [5.41, 5.74) is 0. The Morgan fingerprint density at radius 1 is 1.29 bits per heavy atom. The second-order valence-corrected chi connectivity index (χ2v) is 5.42. The fraction of sp³-hybridized carbons (Fsp3) is 1.00. The lowest BCUT2D eigenvalue weighted by atomic mass is 9.76. The predicted octanol–water partition coefficient (Wildman–Crippen LogP) is 2.76. The Labute approximate surface area is 103 Å². The second-order valence-electron chi connectivity index (χ2n) is 5.42. The molecule has 17 heavy (non-hydrogen) atoms. The molecular weight excluding hydrogens is 224 g/mol. The zero-order valence-corrected chi connectivity index (χ0v) is 11.1. The van der Waals surface area contributed by atoms with Gasteiger partial charge in [0, 0.05) is 6.04 Å². The first kappa shape index (κ1) is 14.8. The van der Waals surface area contributed by atoms with E-state index >= 15 is 0 Å². The third-order valence-electron chi connectivity index (χ3n) is 3.95. The first-order chi connectivity index (χ1) is 7.95. The molecule has 1 rings (SSSR count). The van der Waals surface area contributed by atoms with Gasteiger partial charge in [0.05, 0.1) is 12.6 Å². The van der Waals surface area contributed by atoms with Crippen LogP contribution in [0.25, 0.3) is 0 Å². The zero-order chi connectivity index (χ0) is 13.0. The Morgan fingerprint density at radius 3 is 2.41 bits per heavy atom. The lowest BCUT2D eigenvalue weighted by Gasteiger charge is -2.43. The molecule has 3 atom stereocenters. The Balaban J connectivity index is 2.72. The summed E-state index contributed by atoms with van der Waals surface area (Å²) in [5.74, 6) is 0.913. The first-order valence-corrected chi connectivity index (χ1v) is 6.66. The van der Waals surface area contributed by atoms with Gasteiger partial charge in [0.25, 0.3) is 6.43 Å². The Kier molecular flexibility index (Phi) is 5.80. The number of nitrogens with zero attached hydrogens (tertiary/aromatic N) is 1. The highest BCUT2D eigenvalue weighted by Gasteiger charge is 2.35. The molecule has 102 valence electrons. The summed E-state index contributed by atoms with van der Waals surface area (Å²) < 4.78 is 25.1. The standard InChI is InChI=1S/C13H25F2NO/c1-4-16(8-13(14)15)12-7-10(17)5-6-11(12)9(2)3/h9-13,17H,4-8H2,1-3H3. The van der Waals surface area contributed by atoms with Crippen LogP contribution in [-0.4, -0.2) is 41.7 Å². The van der Waals surface area contributed by atoms with E-state index < -0.39 is 6.43 Å². The van der Waals surface area contributed by atoms with Gasteiger partial charge in [-0.25, -0.2) is 8.78 Å². The maximum Gasteiger partial charge on any atom is 0.251 e. The molecule has 0 amide bonds. The summed E-state index contributed by atoms with van der Waals surface area (Å²) in [5, 5.41) is 9.74. The molecule has 2 nitrogen and oxygen atoms in total. The molecule has 1 aliphatic carbocycles. The van der Waals surface area contributed by atoms with Crippen molar-refractivity contribution in [1.82, 2.24) is 4.90 Å². The van der Waals surface area contributed by atoms with Crippen LogP contribution in [0, 0.1) is 11.8 Å². The molecule has 0 spiro atoms. The monoisotopic (exact) mass is 249 g/mol. The van der Waals surface area contributed by atoms with Gasteiger partial charge in [-0.3, -0.25) is 4.90 Å². The minimum atomic E-state index is -2.29. The van der Waals surface area contributed by atoms with Crippen LogP contribution in [0.4, 0.5) is 8.78 Å². The van der Waals surface area contributed by atoms with Gasteiger partial charge >= 0.3 is 0 Å². The molecular formula is C13H25F2NO. The lowest BCUT2D eigenvalue weighted by Crippen LogP contribution is -2.48. The van der Waals surface area contributed by atoms with Crippen molar-refractivity contribution in [1.29, 1.82) is 0 Å². The van der Waals surface area contributed by atoms with Gasteiger partial charge in [0.1, 0.15) is 0 Å². The van der Waals surface area contributed by atoms with Crippen LogP contribution in [0.1, 0.15) is 40.0 Å². The van der Waals surface area contributed by atoms with E-state index in [0.29, 0.717) is 24.8 Å². The van der Waals surface area contributed by atoms with E-state index in [0.717, 1.165) is 12.8 Å². The molecule has 1 N–H and O–H groups in total. The van der Waals surface area contributed by atoms with Gasteiger partial charge in [-0.05, 0) is 37.6 Å². The van der Waals surface area contributed by atoms with Gasteiger partial charge in [-0.2, -0.15) is 0 Å². The van der Waals surface area contributed by atoms with Gasteiger partial charge in [0.15, 0.2) is 0 Å². The SMILES string of the molecule is CCN(CC(F)F)C1CC(O)CCC1C(C)C. The van der Waals surface area contributed by atoms with Crippen molar-refractivity contribution in [2.75, 3.05) is 13.1 Å². The number of halogens is 2. The van der Waals surface area contributed by atoms with Crippen molar-refractivity contribution in [3.63, 3.8) is 0 Å². The number of rotatable bonds is 5. The molecule has 0 bridgehead atoms. The summed E-state index contributed by atoms with van der Waals surface area (Å²) in [6.07, 6.45) is -0.207. The predicted molar refractivity (Wildman–Crippen MR) is 65.2 cm³/mol. The largest absolute Gasteiger partial charge is 0.393 e. The molecule has 1 saturated carbocycles. The van der Waals surface area contributed by atoms with Gasteiger partial charge < -0.3 is 5.11 Å². The third kappa shape index (κ3) is 4.18. The van der Waals surface area contributed by atoms with Crippen LogP contribution in [0.3, 0.4) is 0 Å². The number of alkyl halides is 2. The molecule has 0 saturated heterocycles. The maximum atomic E-state index is 12.5. The lowest BCUT2D eigenvalue weighted by molar-refractivity contribution is -0.0116. The van der Waals surface area contributed by atoms with Gasteiger partial charge in [-0.1, -0.05) is 20.8 Å². The molecule has 0 aromatic rings. The fourth-order valence-electron chi connectivity index (χ4n) is 3.02. The van der Waals surface area contributed by atoms with Crippen LogP contribution in [0.15, 0.2) is 0 Å². The van der Waals surface area contributed by atoms with Crippen LogP contribution < -0.4 is 0 Å². The number of hydrogen-bond acceptors (Lipinski definition) is 2. The number of aliphatic hydroxyl groups is 1. The Hall–Kier alpha value is -0.220. The summed E-state index contributed by atoms with van der Waals surface area (Å²) in [6, 6.07) is 0.109. The van der Waals surface area contributed by atoms with E-state index in [9.17, 15) is 13.9 Å². The van der Waals surface area contributed by atoms with Crippen LogP contribution >= 0.6 is 0 Å². The molecule has 0 aromatic carbocycles. The van der Waals surface area contributed by atoms with Crippen molar-refractivity contribution in [3.8, 4) is 0 Å². The highest BCUT2D eigenvalue weighted by molar-refractivity contribution is 4.88. The normalized spacial score (nSPS) is 30.5. The number of aliphatic hydroxyl groups excluding tert-OH is 1. The van der Waals surface area contributed by atoms with Gasteiger partial charge in [0.2, 0.25) is 0 Å². The van der Waals surface area contributed by atoms with E-state index in [2.05, 4.69) is 13.8 Å². The summed E-state index contributed by atoms with van der Waals surface area (Å²) in [6.45, 7) is 6.67. The topological polar surface area (TPSA) is 23.5 Å². The minimum Gasteiger partial charge on any atom is -0.393 e. The molecule has 3 unspecified atom stereocenters. The quantitative estimate of drug-likeness (QED) is 0.810. The zero-order valence-electron chi connectivity index (χ0n) is 11.1. The van der Waals surface area contributed by atoms with E-state index in [-0.39, 0.29) is 18.7 Å². The van der Waals surface area contributed by atoms with Crippen molar-refractivity contribution in [2.45, 2.75) is 58.6 Å². The highest BCUT2D eigenvalue weighted by atomic mass is 19.3. The number of hydrogen-bond donors (Lipinski definition) is 1. The smallest absolute Gasteiger partial charge is 0.251 e. The van der Waals surface area contributed by atoms with Crippen molar-refractivity contribution < 1.29 is 13.9 Å². The van der Waals surface area contributed by atoms with Gasteiger partial charge in [-0.15, -0.1) is 0 Å². The van der Waals surface area contributed by atoms with E-state index in [1.807, 2.05) is 11.8 Å². The maximum absolute atomic E-state index is 12.5. The molecule has 4 heteroatoms. The van der Waals surface area contributed by atoms with Crippen LogP contribution in [0.2, 0.25) is 0 Å². The van der Waals surface area contributed by atoms with Crippen molar-refractivity contribution in [2.24, 2.45) is 11.8 Å². The van der Waals surface area contributed by atoms with Crippen LogP contribution in [0.5, 0.6) is 0 Å². The summed E-state index contributed by atoms with van der Waals surface area (Å²) >= 11 is 0. The Morgan fingerprint density at radius 2 is 1.94 bits per heavy atom. The molecule has 0 aliphatic heterocycles. The second kappa shape index (κ2) is 6.64. The molecule has 0 heterocycles. The first-order valence-electron chi connectivity index (χ1n) is 6.66. The molecule has 1 aliphatic rings.